The van der Waals surface area contributed by atoms with Crippen LogP contribution in [-0.2, 0) is 9.59 Å². The lowest BCUT2D eigenvalue weighted by molar-refractivity contribution is -0.122. The molecule has 2 aromatic rings. The molecule has 1 saturated heterocycles. The highest BCUT2D eigenvalue weighted by molar-refractivity contribution is 9.10. The fourth-order valence-electron chi connectivity index (χ4n) is 2.51. The summed E-state index contributed by atoms with van der Waals surface area (Å²) in [7, 11) is 0. The average Bonchev–Trinajstić information content (AvgIpc) is 2.94. The molecule has 0 aliphatic carbocycles. The van der Waals surface area contributed by atoms with Crippen molar-refractivity contribution in [1.82, 2.24) is 4.90 Å². The number of amides is 3. The van der Waals surface area contributed by atoms with Crippen LogP contribution in [0.15, 0.2) is 57.9 Å². The number of halogens is 1. The number of carbonyl (C=O) groups excluding carboxylic acids is 3. The van der Waals surface area contributed by atoms with E-state index in [0.29, 0.717) is 27.4 Å². The molecule has 0 spiro atoms. The smallest absolute Gasteiger partial charge is 0.293 e. The molecular formula is C20H17BrN2O4S. The Kier molecular flexibility index (Phi) is 6.53. The van der Waals surface area contributed by atoms with Crippen LogP contribution in [0, 0.1) is 0 Å². The van der Waals surface area contributed by atoms with Gasteiger partial charge in [0.25, 0.3) is 17.1 Å². The number of para-hydroxylation sites is 1. The van der Waals surface area contributed by atoms with Gasteiger partial charge in [0.2, 0.25) is 0 Å². The molecule has 0 atom stereocenters. The first-order valence-corrected chi connectivity index (χ1v) is 10.1. The number of benzene rings is 2. The molecule has 1 N–H and O–H groups in total. The summed E-state index contributed by atoms with van der Waals surface area (Å²) in [4.78, 5) is 37.5. The van der Waals surface area contributed by atoms with Crippen molar-refractivity contribution in [2.75, 3.05) is 18.5 Å². The predicted molar refractivity (Wildman–Crippen MR) is 113 cm³/mol. The minimum Gasteiger partial charge on any atom is -0.483 e. The summed E-state index contributed by atoms with van der Waals surface area (Å²) >= 11 is 4.34. The predicted octanol–water partition coefficient (Wildman–Crippen LogP) is 4.52. The minimum absolute atomic E-state index is 0.137. The Morgan fingerprint density at radius 3 is 2.61 bits per heavy atom. The van der Waals surface area contributed by atoms with Crippen molar-refractivity contribution in [3.8, 4) is 5.75 Å². The zero-order valence-electron chi connectivity index (χ0n) is 15.0. The van der Waals surface area contributed by atoms with Crippen LogP contribution in [0.5, 0.6) is 5.75 Å². The number of carbonyl (C=O) groups is 3. The molecule has 0 saturated carbocycles. The van der Waals surface area contributed by atoms with Crippen LogP contribution in [0.4, 0.5) is 10.5 Å². The van der Waals surface area contributed by atoms with Gasteiger partial charge in [0.1, 0.15) is 5.75 Å². The molecule has 2 aromatic carbocycles. The van der Waals surface area contributed by atoms with E-state index < -0.39 is 0 Å². The molecule has 0 unspecified atom stereocenters. The maximum absolute atomic E-state index is 12.2. The Balaban J connectivity index is 1.63. The van der Waals surface area contributed by atoms with Crippen molar-refractivity contribution in [3.05, 3.63) is 63.5 Å². The molecule has 8 heteroatoms. The topological polar surface area (TPSA) is 75.7 Å². The molecule has 0 bridgehead atoms. The highest BCUT2D eigenvalue weighted by Gasteiger charge is 2.33. The normalized spacial score (nSPS) is 15.2. The highest BCUT2D eigenvalue weighted by Crippen LogP contribution is 2.33. The van der Waals surface area contributed by atoms with Gasteiger partial charge >= 0.3 is 0 Å². The van der Waals surface area contributed by atoms with Gasteiger partial charge in [-0.3, -0.25) is 19.3 Å². The minimum atomic E-state index is -0.286. The third-order valence-corrected chi connectivity index (χ3v) is 5.39. The van der Waals surface area contributed by atoms with Gasteiger partial charge in [-0.05, 0) is 70.5 Å². The monoisotopic (exact) mass is 460 g/mol. The van der Waals surface area contributed by atoms with E-state index in [2.05, 4.69) is 21.2 Å². The van der Waals surface area contributed by atoms with E-state index in [9.17, 15) is 14.4 Å². The SMILES string of the molecule is CCN1C(=O)S/C(=C/c2ccc(OCC(=O)Nc3ccccc3)c(Br)c2)C1=O. The molecule has 0 aromatic heterocycles. The molecule has 1 fully saturated rings. The van der Waals surface area contributed by atoms with Gasteiger partial charge in [-0.2, -0.15) is 0 Å². The summed E-state index contributed by atoms with van der Waals surface area (Å²) in [5.74, 6) is -0.0519. The van der Waals surface area contributed by atoms with E-state index in [-0.39, 0.29) is 23.7 Å². The number of imide groups is 1. The molecular weight excluding hydrogens is 444 g/mol. The van der Waals surface area contributed by atoms with Gasteiger partial charge in [-0.1, -0.05) is 24.3 Å². The van der Waals surface area contributed by atoms with Gasteiger partial charge in [-0.25, -0.2) is 0 Å². The summed E-state index contributed by atoms with van der Waals surface area (Å²) in [6, 6.07) is 14.4. The average molecular weight is 461 g/mol. The Morgan fingerprint density at radius 1 is 1.21 bits per heavy atom. The number of ether oxygens (including phenoxy) is 1. The van der Waals surface area contributed by atoms with Crippen molar-refractivity contribution in [2.24, 2.45) is 0 Å². The second kappa shape index (κ2) is 9.07. The van der Waals surface area contributed by atoms with Crippen LogP contribution in [0.1, 0.15) is 12.5 Å². The third kappa shape index (κ3) is 4.82. The third-order valence-electron chi connectivity index (χ3n) is 3.86. The number of nitrogens with zero attached hydrogens (tertiary/aromatic N) is 1. The molecule has 28 heavy (non-hydrogen) atoms. The molecule has 3 amide bonds. The molecule has 0 radical (unpaired) electrons. The van der Waals surface area contributed by atoms with Gasteiger partial charge in [0.05, 0.1) is 9.38 Å². The van der Waals surface area contributed by atoms with Crippen LogP contribution in [0.25, 0.3) is 6.08 Å². The van der Waals surface area contributed by atoms with Crippen molar-refractivity contribution in [3.63, 3.8) is 0 Å². The van der Waals surface area contributed by atoms with Crippen molar-refractivity contribution >= 4 is 56.5 Å². The molecule has 144 valence electrons. The second-order valence-electron chi connectivity index (χ2n) is 5.82. The largest absolute Gasteiger partial charge is 0.483 e. The summed E-state index contributed by atoms with van der Waals surface area (Å²) in [5, 5.41) is 2.48. The van der Waals surface area contributed by atoms with E-state index in [1.807, 2.05) is 18.2 Å². The van der Waals surface area contributed by atoms with Crippen LogP contribution in [0.3, 0.4) is 0 Å². The van der Waals surface area contributed by atoms with Crippen molar-refractivity contribution in [2.45, 2.75) is 6.92 Å². The number of hydrogen-bond acceptors (Lipinski definition) is 5. The first-order chi connectivity index (χ1) is 13.5. The molecule has 1 aliphatic rings. The summed E-state index contributed by atoms with van der Waals surface area (Å²) in [6.07, 6.45) is 1.66. The van der Waals surface area contributed by atoms with E-state index in [0.717, 1.165) is 17.3 Å². The maximum atomic E-state index is 12.2. The first-order valence-electron chi connectivity index (χ1n) is 8.50. The second-order valence-corrected chi connectivity index (χ2v) is 7.67. The Hall–Kier alpha value is -2.58. The van der Waals surface area contributed by atoms with E-state index in [4.69, 9.17) is 4.74 Å². The van der Waals surface area contributed by atoms with Crippen LogP contribution in [0.2, 0.25) is 0 Å². The van der Waals surface area contributed by atoms with E-state index in [1.54, 1.807) is 43.3 Å². The molecule has 1 heterocycles. The number of rotatable bonds is 6. The fraction of sp³-hybridized carbons (Fsp3) is 0.150. The Morgan fingerprint density at radius 2 is 1.96 bits per heavy atom. The van der Waals surface area contributed by atoms with Crippen molar-refractivity contribution < 1.29 is 19.1 Å². The van der Waals surface area contributed by atoms with E-state index >= 15 is 0 Å². The number of anilines is 1. The number of nitrogens with one attached hydrogen (secondary N) is 1. The summed E-state index contributed by atoms with van der Waals surface area (Å²) in [5.41, 5.74) is 1.45. The lowest BCUT2D eigenvalue weighted by Gasteiger charge is -2.10. The zero-order chi connectivity index (χ0) is 20.1. The zero-order valence-corrected chi connectivity index (χ0v) is 17.4. The molecule has 1 aliphatic heterocycles. The van der Waals surface area contributed by atoms with Crippen LogP contribution >= 0.6 is 27.7 Å². The maximum Gasteiger partial charge on any atom is 0.293 e. The van der Waals surface area contributed by atoms with Crippen molar-refractivity contribution in [1.29, 1.82) is 0 Å². The lowest BCUT2D eigenvalue weighted by Crippen LogP contribution is -2.27. The first kappa shape index (κ1) is 20.2. The summed E-state index contributed by atoms with van der Waals surface area (Å²) in [6.45, 7) is 1.97. The number of hydrogen-bond donors (Lipinski definition) is 1. The van der Waals surface area contributed by atoms with E-state index in [1.165, 1.54) is 4.90 Å². The molecule has 6 nitrogen and oxygen atoms in total. The number of likely N-dealkylation sites (N-methyl/N-ethyl adjacent to an activating group) is 1. The van der Waals surface area contributed by atoms with Crippen LogP contribution in [-0.4, -0.2) is 35.1 Å². The highest BCUT2D eigenvalue weighted by atomic mass is 79.9. The molecule has 3 rings (SSSR count). The van der Waals surface area contributed by atoms with Gasteiger partial charge in [0.15, 0.2) is 6.61 Å². The standard InChI is InChI=1S/C20H17BrN2O4S/c1-2-23-19(25)17(28-20(23)26)11-13-8-9-16(15(21)10-13)27-12-18(24)22-14-6-4-3-5-7-14/h3-11H,2,12H2,1H3,(H,22,24)/b17-11+. The number of thioether (sulfide) groups is 1. The Bertz CT molecular complexity index is 946. The summed E-state index contributed by atoms with van der Waals surface area (Å²) < 4.78 is 6.20. The van der Waals surface area contributed by atoms with Gasteiger partial charge in [-0.15, -0.1) is 0 Å². The fourth-order valence-corrected chi connectivity index (χ4v) is 3.92. The van der Waals surface area contributed by atoms with Gasteiger partial charge < -0.3 is 10.1 Å². The Labute approximate surface area is 175 Å². The quantitative estimate of drug-likeness (QED) is 0.641. The van der Waals surface area contributed by atoms with Crippen LogP contribution < -0.4 is 10.1 Å². The lowest BCUT2D eigenvalue weighted by atomic mass is 10.2. The van der Waals surface area contributed by atoms with Gasteiger partial charge in [0, 0.05) is 12.2 Å².